The fourth-order valence-electron chi connectivity index (χ4n) is 3.96. The van der Waals surface area contributed by atoms with E-state index in [9.17, 15) is 14.4 Å². The molecule has 176 valence electrons. The number of amides is 1. The number of carbonyl (C=O) groups excluding carboxylic acids is 3. The number of ether oxygens (including phenoxy) is 2. The molecule has 1 saturated heterocycles. The largest absolute Gasteiger partial charge is 0.466 e. The average molecular weight is 462 g/mol. The quantitative estimate of drug-likeness (QED) is 0.500. The van der Waals surface area contributed by atoms with Gasteiger partial charge < -0.3 is 14.4 Å². The molecule has 2 heterocycles. The number of carbonyl (C=O) groups is 3. The maximum Gasteiger partial charge on any atom is 0.357 e. The van der Waals surface area contributed by atoms with Crippen LogP contribution in [0.3, 0.4) is 0 Å². The maximum atomic E-state index is 13.0. The number of hydrogen-bond acceptors (Lipinski definition) is 6. The number of piperidine rings is 1. The third kappa shape index (κ3) is 5.33. The Bertz CT molecular complexity index is 1140. The molecule has 1 aromatic heterocycles. The minimum atomic E-state index is -0.631. The van der Waals surface area contributed by atoms with Crippen molar-refractivity contribution < 1.29 is 23.9 Å². The van der Waals surface area contributed by atoms with Crippen molar-refractivity contribution in [2.75, 3.05) is 26.3 Å². The molecule has 3 aromatic rings. The summed E-state index contributed by atoms with van der Waals surface area (Å²) in [5, 5.41) is 4.61. The normalized spacial score (nSPS) is 14.0. The number of aromatic nitrogens is 2. The zero-order valence-corrected chi connectivity index (χ0v) is 19.1. The van der Waals surface area contributed by atoms with Crippen LogP contribution in [0.1, 0.15) is 30.3 Å². The van der Waals surface area contributed by atoms with Gasteiger partial charge in [-0.05, 0) is 38.0 Å². The highest BCUT2D eigenvalue weighted by Crippen LogP contribution is 2.23. The fourth-order valence-corrected chi connectivity index (χ4v) is 3.96. The highest BCUT2D eigenvalue weighted by atomic mass is 16.5. The van der Waals surface area contributed by atoms with E-state index in [-0.39, 0.29) is 30.1 Å². The van der Waals surface area contributed by atoms with Gasteiger partial charge in [0, 0.05) is 18.7 Å². The molecule has 0 radical (unpaired) electrons. The van der Waals surface area contributed by atoms with E-state index in [1.807, 2.05) is 60.7 Å². The van der Waals surface area contributed by atoms with E-state index in [0.29, 0.717) is 43.9 Å². The number of likely N-dealkylation sites (tertiary alicyclic amines) is 1. The maximum absolute atomic E-state index is 13.0. The monoisotopic (exact) mass is 461 g/mol. The van der Waals surface area contributed by atoms with Crippen LogP contribution >= 0.6 is 0 Å². The second-order valence-electron chi connectivity index (χ2n) is 8.01. The Balaban J connectivity index is 1.43. The number of para-hydroxylation sites is 1. The molecular weight excluding hydrogens is 434 g/mol. The molecule has 1 fully saturated rings. The van der Waals surface area contributed by atoms with Gasteiger partial charge in [0.05, 0.1) is 23.9 Å². The van der Waals surface area contributed by atoms with Gasteiger partial charge in [-0.2, -0.15) is 5.10 Å². The second-order valence-corrected chi connectivity index (χ2v) is 8.01. The van der Waals surface area contributed by atoms with Crippen molar-refractivity contribution in [2.45, 2.75) is 19.8 Å². The minimum absolute atomic E-state index is 0.191. The zero-order valence-electron chi connectivity index (χ0n) is 19.1. The smallest absolute Gasteiger partial charge is 0.357 e. The molecule has 8 heteroatoms. The lowest BCUT2D eigenvalue weighted by atomic mass is 9.97. The lowest BCUT2D eigenvalue weighted by molar-refractivity contribution is -0.151. The predicted molar refractivity (Wildman–Crippen MR) is 125 cm³/mol. The van der Waals surface area contributed by atoms with E-state index in [4.69, 9.17) is 9.47 Å². The summed E-state index contributed by atoms with van der Waals surface area (Å²) < 4.78 is 12.0. The van der Waals surface area contributed by atoms with Crippen LogP contribution in [-0.2, 0) is 19.1 Å². The van der Waals surface area contributed by atoms with Gasteiger partial charge in [0.25, 0.3) is 5.91 Å². The molecule has 1 aliphatic heterocycles. The molecule has 0 N–H and O–H groups in total. The molecule has 4 rings (SSSR count). The Hall–Kier alpha value is -3.94. The van der Waals surface area contributed by atoms with E-state index in [1.54, 1.807) is 17.9 Å². The van der Waals surface area contributed by atoms with Crippen LogP contribution in [0.5, 0.6) is 0 Å². The first kappa shape index (κ1) is 23.2. The first-order valence-corrected chi connectivity index (χ1v) is 11.4. The number of rotatable bonds is 7. The topological polar surface area (TPSA) is 90.7 Å². The Kier molecular flexibility index (Phi) is 7.37. The highest BCUT2D eigenvalue weighted by Gasteiger charge is 2.29. The summed E-state index contributed by atoms with van der Waals surface area (Å²) >= 11 is 0. The summed E-state index contributed by atoms with van der Waals surface area (Å²) in [5.74, 6) is -1.33. The molecule has 0 atom stereocenters. The molecule has 0 bridgehead atoms. The van der Waals surface area contributed by atoms with Gasteiger partial charge in [0.1, 0.15) is 0 Å². The van der Waals surface area contributed by atoms with Crippen molar-refractivity contribution in [2.24, 2.45) is 5.92 Å². The van der Waals surface area contributed by atoms with Crippen molar-refractivity contribution in [3.63, 3.8) is 0 Å². The van der Waals surface area contributed by atoms with Crippen LogP contribution < -0.4 is 0 Å². The Labute approximate surface area is 198 Å². The lowest BCUT2D eigenvalue weighted by Crippen LogP contribution is -2.42. The zero-order chi connectivity index (χ0) is 23.9. The third-order valence-electron chi connectivity index (χ3n) is 5.78. The molecule has 0 spiro atoms. The van der Waals surface area contributed by atoms with E-state index in [2.05, 4.69) is 5.10 Å². The Morgan fingerprint density at radius 2 is 1.59 bits per heavy atom. The third-order valence-corrected chi connectivity index (χ3v) is 5.78. The average Bonchev–Trinajstić information content (AvgIpc) is 3.34. The van der Waals surface area contributed by atoms with Gasteiger partial charge in [0.15, 0.2) is 12.3 Å². The summed E-state index contributed by atoms with van der Waals surface area (Å²) in [6.45, 7) is 2.61. The predicted octanol–water partition coefficient (Wildman–Crippen LogP) is 3.50. The van der Waals surface area contributed by atoms with Crippen LogP contribution in [-0.4, -0.2) is 58.8 Å². The lowest BCUT2D eigenvalue weighted by Gasteiger charge is -2.30. The van der Waals surface area contributed by atoms with Gasteiger partial charge in [-0.1, -0.05) is 48.5 Å². The van der Waals surface area contributed by atoms with Crippen LogP contribution in [0.25, 0.3) is 16.9 Å². The van der Waals surface area contributed by atoms with Gasteiger partial charge in [-0.3, -0.25) is 9.59 Å². The molecule has 8 nitrogen and oxygen atoms in total. The van der Waals surface area contributed by atoms with Crippen molar-refractivity contribution in [1.29, 1.82) is 0 Å². The van der Waals surface area contributed by atoms with E-state index < -0.39 is 5.97 Å². The molecule has 2 aromatic carbocycles. The standard InChI is InChI=1S/C26H27N3O5/c1-2-33-25(31)20-13-15-28(16-14-20)24(30)18-34-26(32)23-17-22(19-9-5-3-6-10-19)27-29(23)21-11-7-4-8-12-21/h3-12,17,20H,2,13-16,18H2,1H3. The molecule has 0 saturated carbocycles. The van der Waals surface area contributed by atoms with E-state index in [1.165, 1.54) is 4.68 Å². The van der Waals surface area contributed by atoms with Crippen LogP contribution in [0.4, 0.5) is 0 Å². The van der Waals surface area contributed by atoms with Crippen molar-refractivity contribution in [1.82, 2.24) is 14.7 Å². The minimum Gasteiger partial charge on any atom is -0.466 e. The van der Waals surface area contributed by atoms with Crippen LogP contribution in [0.2, 0.25) is 0 Å². The van der Waals surface area contributed by atoms with Gasteiger partial charge in [0.2, 0.25) is 0 Å². The van der Waals surface area contributed by atoms with E-state index in [0.717, 1.165) is 5.56 Å². The first-order chi connectivity index (χ1) is 16.6. The summed E-state index contributed by atoms with van der Waals surface area (Å²) in [4.78, 5) is 39.1. The Morgan fingerprint density at radius 1 is 0.941 bits per heavy atom. The molecule has 1 amide bonds. The molecule has 0 unspecified atom stereocenters. The van der Waals surface area contributed by atoms with Gasteiger partial charge >= 0.3 is 11.9 Å². The molecule has 1 aliphatic rings. The van der Waals surface area contributed by atoms with Gasteiger partial charge in [-0.15, -0.1) is 0 Å². The summed E-state index contributed by atoms with van der Waals surface area (Å²) in [6, 6.07) is 20.5. The van der Waals surface area contributed by atoms with Crippen molar-refractivity contribution in [3.05, 3.63) is 72.4 Å². The number of nitrogens with zero attached hydrogens (tertiary/aromatic N) is 3. The SMILES string of the molecule is CCOC(=O)C1CCN(C(=O)COC(=O)c2cc(-c3ccccc3)nn2-c2ccccc2)CC1. The van der Waals surface area contributed by atoms with Crippen LogP contribution in [0, 0.1) is 5.92 Å². The Morgan fingerprint density at radius 3 is 2.24 bits per heavy atom. The summed E-state index contributed by atoms with van der Waals surface area (Å²) in [5.41, 5.74) is 2.44. The number of hydrogen-bond donors (Lipinski definition) is 0. The van der Waals surface area contributed by atoms with E-state index >= 15 is 0 Å². The number of esters is 2. The molecule has 34 heavy (non-hydrogen) atoms. The summed E-state index contributed by atoms with van der Waals surface area (Å²) in [7, 11) is 0. The second kappa shape index (κ2) is 10.8. The molecular formula is C26H27N3O5. The first-order valence-electron chi connectivity index (χ1n) is 11.4. The van der Waals surface area contributed by atoms with Crippen molar-refractivity contribution >= 4 is 17.8 Å². The highest BCUT2D eigenvalue weighted by molar-refractivity contribution is 5.91. The van der Waals surface area contributed by atoms with Gasteiger partial charge in [-0.25, -0.2) is 9.48 Å². The fraction of sp³-hybridized carbons (Fsp3) is 0.308. The summed E-state index contributed by atoms with van der Waals surface area (Å²) in [6.07, 6.45) is 1.08. The van der Waals surface area contributed by atoms with Crippen molar-refractivity contribution in [3.8, 4) is 16.9 Å². The molecule has 0 aliphatic carbocycles. The number of benzene rings is 2. The van der Waals surface area contributed by atoms with Crippen LogP contribution in [0.15, 0.2) is 66.7 Å².